The molecule has 4 heterocycles. The third-order valence-electron chi connectivity index (χ3n) is 4.04. The van der Waals surface area contributed by atoms with Crippen molar-refractivity contribution < 1.29 is 8.42 Å². The second-order valence-corrected chi connectivity index (χ2v) is 7.43. The minimum Gasteiger partial charge on any atom is -0.346 e. The predicted octanol–water partition coefficient (Wildman–Crippen LogP) is 1.06. The summed E-state index contributed by atoms with van der Waals surface area (Å²) in [5.41, 5.74) is 2.17. The largest absolute Gasteiger partial charge is 0.346 e. The molecule has 3 aromatic heterocycles. The normalized spacial score (nSPS) is 15.7. The van der Waals surface area contributed by atoms with E-state index < -0.39 is 15.8 Å². The third-order valence-corrected chi connectivity index (χ3v) is 5.60. The zero-order valence-corrected chi connectivity index (χ0v) is 13.3. The van der Waals surface area contributed by atoms with Crippen molar-refractivity contribution in [2.24, 2.45) is 0 Å². The molecule has 3 aromatic rings. The Labute approximate surface area is 137 Å². The molecule has 120 valence electrons. The number of rotatable bonds is 3. The molecule has 0 aliphatic carbocycles. The van der Waals surface area contributed by atoms with Crippen molar-refractivity contribution in [3.05, 3.63) is 36.4 Å². The van der Waals surface area contributed by atoms with Crippen LogP contribution in [0.25, 0.3) is 27.4 Å². The Kier molecular flexibility index (Phi) is 3.30. The molecule has 0 amide bonds. The van der Waals surface area contributed by atoms with Gasteiger partial charge in [0, 0.05) is 41.6 Å². The standard InChI is InChI=1S/C15H12N6O2S/c16-3-6-24(22,23)21-5-2-10(9-21)14-13-11(8-19-20-14)7-18-15-12(13)1-4-17-15/h1-2,4,7-8H,5-6,9H2,(H,17,18). The Hall–Kier alpha value is -2.83. The van der Waals surface area contributed by atoms with Crippen LogP contribution >= 0.6 is 0 Å². The molecule has 0 aromatic carbocycles. The number of hydrogen-bond donors (Lipinski definition) is 1. The highest BCUT2D eigenvalue weighted by Gasteiger charge is 2.28. The van der Waals surface area contributed by atoms with E-state index in [9.17, 15) is 8.42 Å². The van der Waals surface area contributed by atoms with Crippen molar-refractivity contribution in [3.8, 4) is 6.07 Å². The molecule has 0 fully saturated rings. The SMILES string of the molecule is N#CCS(=O)(=O)N1CC=C(c2nncc3cnc4[nH]ccc4c23)C1. The van der Waals surface area contributed by atoms with Crippen molar-refractivity contribution >= 4 is 37.4 Å². The maximum atomic E-state index is 12.1. The lowest BCUT2D eigenvalue weighted by Gasteiger charge is -2.14. The number of sulfonamides is 1. The summed E-state index contributed by atoms with van der Waals surface area (Å²) in [6.07, 6.45) is 6.97. The van der Waals surface area contributed by atoms with Crippen LogP contribution in [0.15, 0.2) is 30.7 Å². The van der Waals surface area contributed by atoms with Gasteiger partial charge in [0.2, 0.25) is 10.0 Å². The number of aromatic amines is 1. The smallest absolute Gasteiger partial charge is 0.228 e. The average Bonchev–Trinajstić information content (AvgIpc) is 3.23. The molecule has 1 aliphatic rings. The predicted molar refractivity (Wildman–Crippen MR) is 88.1 cm³/mol. The van der Waals surface area contributed by atoms with Gasteiger partial charge >= 0.3 is 0 Å². The Balaban J connectivity index is 1.81. The van der Waals surface area contributed by atoms with Crippen LogP contribution in [0.5, 0.6) is 0 Å². The average molecular weight is 340 g/mol. The zero-order chi connectivity index (χ0) is 16.7. The van der Waals surface area contributed by atoms with E-state index in [-0.39, 0.29) is 13.1 Å². The number of fused-ring (bicyclic) bond motifs is 3. The topological polar surface area (TPSA) is 116 Å². The maximum absolute atomic E-state index is 12.1. The van der Waals surface area contributed by atoms with Crippen LogP contribution in [0.1, 0.15) is 5.69 Å². The molecule has 0 saturated heterocycles. The monoisotopic (exact) mass is 340 g/mol. The molecule has 4 rings (SSSR count). The summed E-state index contributed by atoms with van der Waals surface area (Å²) in [6.45, 7) is 0.421. The zero-order valence-electron chi connectivity index (χ0n) is 12.5. The summed E-state index contributed by atoms with van der Waals surface area (Å²) in [5.74, 6) is -0.526. The Morgan fingerprint density at radius 3 is 3.08 bits per heavy atom. The van der Waals surface area contributed by atoms with Crippen LogP contribution in [0, 0.1) is 11.3 Å². The van der Waals surface area contributed by atoms with E-state index in [1.807, 2.05) is 12.1 Å². The van der Waals surface area contributed by atoms with Gasteiger partial charge in [0.05, 0.1) is 18.0 Å². The molecule has 0 radical (unpaired) electrons. The Bertz CT molecular complexity index is 1130. The van der Waals surface area contributed by atoms with Gasteiger partial charge in [-0.25, -0.2) is 13.4 Å². The second kappa shape index (κ2) is 5.36. The van der Waals surface area contributed by atoms with Crippen molar-refractivity contribution in [2.45, 2.75) is 0 Å². The lowest BCUT2D eigenvalue weighted by atomic mass is 10.1. The van der Waals surface area contributed by atoms with Gasteiger partial charge in [0.15, 0.2) is 5.75 Å². The number of hydrogen-bond acceptors (Lipinski definition) is 6. The number of nitrogens with zero attached hydrogens (tertiary/aromatic N) is 5. The lowest BCUT2D eigenvalue weighted by Crippen LogP contribution is -2.30. The van der Waals surface area contributed by atoms with Crippen molar-refractivity contribution in [1.82, 2.24) is 24.5 Å². The van der Waals surface area contributed by atoms with E-state index >= 15 is 0 Å². The Morgan fingerprint density at radius 1 is 1.38 bits per heavy atom. The first-order valence-corrected chi connectivity index (χ1v) is 8.83. The van der Waals surface area contributed by atoms with Gasteiger partial charge in [-0.1, -0.05) is 6.08 Å². The van der Waals surface area contributed by atoms with Gasteiger partial charge in [0.25, 0.3) is 0 Å². The van der Waals surface area contributed by atoms with Crippen LogP contribution in [0.2, 0.25) is 0 Å². The van der Waals surface area contributed by atoms with Crippen LogP contribution in [0.4, 0.5) is 0 Å². The van der Waals surface area contributed by atoms with E-state index in [0.717, 1.165) is 27.4 Å². The minimum absolute atomic E-state index is 0.187. The highest BCUT2D eigenvalue weighted by molar-refractivity contribution is 7.89. The lowest BCUT2D eigenvalue weighted by molar-refractivity contribution is 0.493. The van der Waals surface area contributed by atoms with Gasteiger partial charge in [0.1, 0.15) is 5.65 Å². The van der Waals surface area contributed by atoms with Crippen molar-refractivity contribution in [3.63, 3.8) is 0 Å². The van der Waals surface area contributed by atoms with E-state index in [4.69, 9.17) is 5.26 Å². The summed E-state index contributed by atoms with van der Waals surface area (Å²) in [6, 6.07) is 3.61. The maximum Gasteiger partial charge on any atom is 0.228 e. The first-order valence-electron chi connectivity index (χ1n) is 7.22. The fourth-order valence-electron chi connectivity index (χ4n) is 2.90. The molecule has 8 nitrogen and oxygen atoms in total. The first-order chi connectivity index (χ1) is 11.6. The van der Waals surface area contributed by atoms with Crippen LogP contribution in [-0.2, 0) is 10.0 Å². The molecule has 9 heteroatoms. The molecule has 1 aliphatic heterocycles. The van der Waals surface area contributed by atoms with Crippen molar-refractivity contribution in [2.75, 3.05) is 18.8 Å². The van der Waals surface area contributed by atoms with Crippen LogP contribution in [-0.4, -0.2) is 51.7 Å². The highest BCUT2D eigenvalue weighted by atomic mass is 32.2. The van der Waals surface area contributed by atoms with Crippen molar-refractivity contribution in [1.29, 1.82) is 5.26 Å². The van der Waals surface area contributed by atoms with E-state index in [2.05, 4.69) is 20.2 Å². The first kappa shape index (κ1) is 14.7. The molecule has 0 saturated carbocycles. The third kappa shape index (κ3) is 2.24. The summed E-state index contributed by atoms with van der Waals surface area (Å²) in [5, 5.41) is 19.6. The van der Waals surface area contributed by atoms with Gasteiger partial charge in [-0.05, 0) is 11.6 Å². The number of pyridine rings is 1. The summed E-state index contributed by atoms with van der Waals surface area (Å²) >= 11 is 0. The molecular weight excluding hydrogens is 328 g/mol. The quantitative estimate of drug-likeness (QED) is 0.762. The number of nitriles is 1. The van der Waals surface area contributed by atoms with Gasteiger partial charge in [-0.3, -0.25) is 0 Å². The van der Waals surface area contributed by atoms with E-state index in [1.165, 1.54) is 4.31 Å². The minimum atomic E-state index is -3.58. The van der Waals surface area contributed by atoms with Crippen LogP contribution < -0.4 is 0 Å². The fraction of sp³-hybridized carbons (Fsp3) is 0.200. The van der Waals surface area contributed by atoms with E-state index in [0.29, 0.717) is 5.69 Å². The van der Waals surface area contributed by atoms with E-state index in [1.54, 1.807) is 24.7 Å². The molecular formula is C15H12N6O2S. The fourth-order valence-corrected chi connectivity index (χ4v) is 3.88. The summed E-state index contributed by atoms with van der Waals surface area (Å²) in [4.78, 5) is 7.39. The summed E-state index contributed by atoms with van der Waals surface area (Å²) in [7, 11) is -3.58. The summed E-state index contributed by atoms with van der Waals surface area (Å²) < 4.78 is 25.4. The number of nitrogens with one attached hydrogen (secondary N) is 1. The molecule has 0 spiro atoms. The molecule has 24 heavy (non-hydrogen) atoms. The molecule has 0 unspecified atom stereocenters. The molecule has 0 bridgehead atoms. The number of H-pyrrole nitrogens is 1. The molecule has 1 N–H and O–H groups in total. The van der Waals surface area contributed by atoms with Crippen LogP contribution in [0.3, 0.4) is 0 Å². The molecule has 0 atom stereocenters. The number of aromatic nitrogens is 4. The highest BCUT2D eigenvalue weighted by Crippen LogP contribution is 2.31. The van der Waals surface area contributed by atoms with Gasteiger partial charge < -0.3 is 4.98 Å². The Morgan fingerprint density at radius 2 is 2.25 bits per heavy atom. The second-order valence-electron chi connectivity index (χ2n) is 5.46. The van der Waals surface area contributed by atoms with Gasteiger partial charge in [-0.2, -0.15) is 19.8 Å². The van der Waals surface area contributed by atoms with Gasteiger partial charge in [-0.15, -0.1) is 0 Å².